The van der Waals surface area contributed by atoms with Gasteiger partial charge in [0.1, 0.15) is 6.04 Å². The van der Waals surface area contributed by atoms with Crippen molar-refractivity contribution in [1.82, 2.24) is 15.1 Å². The normalized spacial score (nSPS) is 17.7. The zero-order valence-electron chi connectivity index (χ0n) is 20.2. The van der Waals surface area contributed by atoms with Crippen LogP contribution in [0.4, 0.5) is 13.2 Å². The van der Waals surface area contributed by atoms with E-state index in [1.807, 2.05) is 19.1 Å². The summed E-state index contributed by atoms with van der Waals surface area (Å²) in [7, 11) is 0. The van der Waals surface area contributed by atoms with Gasteiger partial charge in [-0.25, -0.2) is 0 Å². The minimum Gasteiger partial charge on any atom is -0.341 e. The van der Waals surface area contributed by atoms with Gasteiger partial charge < -0.3 is 15.1 Å². The molecule has 3 amide bonds. The topological polar surface area (TPSA) is 69.7 Å². The Kier molecular flexibility index (Phi) is 7.66. The molecule has 2 heterocycles. The standard InChI is InChI=1S/C27H30F3N3O3/c1-18-6-2-3-7-22(18)24(34)31-23(26(36)32-14-4-5-15-32)19-12-16-33(17-13-19)25(35)20-8-10-21(11-9-20)27(28,29)30/h2-3,6-11,19,23H,4-5,12-17H2,1H3,(H,31,34)/t23-/m1/s1. The van der Waals surface area contributed by atoms with Gasteiger partial charge in [-0.2, -0.15) is 13.2 Å². The third kappa shape index (κ3) is 5.71. The number of nitrogens with zero attached hydrogens (tertiary/aromatic N) is 2. The van der Waals surface area contributed by atoms with E-state index in [9.17, 15) is 27.6 Å². The minimum absolute atomic E-state index is 0.0954. The second kappa shape index (κ2) is 10.7. The zero-order chi connectivity index (χ0) is 25.9. The highest BCUT2D eigenvalue weighted by molar-refractivity contribution is 5.99. The van der Waals surface area contributed by atoms with E-state index in [1.165, 1.54) is 12.1 Å². The second-order valence-electron chi connectivity index (χ2n) is 9.50. The number of halogens is 3. The molecule has 192 valence electrons. The Balaban J connectivity index is 1.44. The molecule has 2 aromatic rings. The Bertz CT molecular complexity index is 1100. The van der Waals surface area contributed by atoms with E-state index in [1.54, 1.807) is 21.9 Å². The highest BCUT2D eigenvalue weighted by Crippen LogP contribution is 2.30. The summed E-state index contributed by atoms with van der Waals surface area (Å²) in [5.41, 5.74) is 0.732. The first kappa shape index (κ1) is 25.7. The fourth-order valence-corrected chi connectivity index (χ4v) is 4.98. The van der Waals surface area contributed by atoms with Gasteiger partial charge in [0.15, 0.2) is 0 Å². The molecule has 1 atom stereocenters. The molecule has 0 spiro atoms. The van der Waals surface area contributed by atoms with Crippen LogP contribution in [-0.2, 0) is 11.0 Å². The van der Waals surface area contributed by atoms with Crippen molar-refractivity contribution in [2.24, 2.45) is 5.92 Å². The van der Waals surface area contributed by atoms with Crippen molar-refractivity contribution in [3.8, 4) is 0 Å². The van der Waals surface area contributed by atoms with Crippen molar-refractivity contribution in [3.63, 3.8) is 0 Å². The number of alkyl halides is 3. The summed E-state index contributed by atoms with van der Waals surface area (Å²) in [6.07, 6.45) is -1.58. The predicted octanol–water partition coefficient (Wildman–Crippen LogP) is 4.29. The number of likely N-dealkylation sites (tertiary alicyclic amines) is 2. The van der Waals surface area contributed by atoms with Crippen LogP contribution in [0.3, 0.4) is 0 Å². The van der Waals surface area contributed by atoms with Crippen molar-refractivity contribution in [2.75, 3.05) is 26.2 Å². The van der Waals surface area contributed by atoms with Gasteiger partial charge in [-0.05, 0) is 74.4 Å². The van der Waals surface area contributed by atoms with Crippen molar-refractivity contribution in [3.05, 3.63) is 70.8 Å². The molecule has 0 unspecified atom stereocenters. The maximum Gasteiger partial charge on any atom is 0.416 e. The summed E-state index contributed by atoms with van der Waals surface area (Å²) in [6, 6.07) is 10.7. The second-order valence-corrected chi connectivity index (χ2v) is 9.50. The van der Waals surface area contributed by atoms with Gasteiger partial charge in [0.25, 0.3) is 11.8 Å². The lowest BCUT2D eigenvalue weighted by atomic mass is 9.87. The summed E-state index contributed by atoms with van der Waals surface area (Å²) in [6.45, 7) is 3.89. The maximum absolute atomic E-state index is 13.4. The Labute approximate surface area is 208 Å². The highest BCUT2D eigenvalue weighted by atomic mass is 19.4. The summed E-state index contributed by atoms with van der Waals surface area (Å²) in [4.78, 5) is 42.7. The number of nitrogens with one attached hydrogen (secondary N) is 1. The smallest absolute Gasteiger partial charge is 0.341 e. The van der Waals surface area contributed by atoms with Crippen LogP contribution in [0, 0.1) is 12.8 Å². The van der Waals surface area contributed by atoms with Crippen LogP contribution < -0.4 is 5.32 Å². The first-order chi connectivity index (χ1) is 17.1. The fourth-order valence-electron chi connectivity index (χ4n) is 4.98. The monoisotopic (exact) mass is 501 g/mol. The molecule has 0 bridgehead atoms. The van der Waals surface area contributed by atoms with Crippen molar-refractivity contribution < 1.29 is 27.6 Å². The predicted molar refractivity (Wildman–Crippen MR) is 128 cm³/mol. The number of amides is 3. The molecule has 0 saturated carbocycles. The van der Waals surface area contributed by atoms with Gasteiger partial charge in [-0.15, -0.1) is 0 Å². The Morgan fingerprint density at radius 3 is 2.08 bits per heavy atom. The molecule has 0 aromatic heterocycles. The Morgan fingerprint density at radius 2 is 1.50 bits per heavy atom. The lowest BCUT2D eigenvalue weighted by Gasteiger charge is -2.37. The number of aryl methyl sites for hydroxylation is 1. The first-order valence-corrected chi connectivity index (χ1v) is 12.3. The molecule has 2 aliphatic heterocycles. The molecule has 0 aliphatic carbocycles. The molecule has 36 heavy (non-hydrogen) atoms. The molecular weight excluding hydrogens is 471 g/mol. The van der Waals surface area contributed by atoms with Crippen molar-refractivity contribution in [2.45, 2.75) is 44.8 Å². The quantitative estimate of drug-likeness (QED) is 0.665. The summed E-state index contributed by atoms with van der Waals surface area (Å²) in [5, 5.41) is 2.98. The summed E-state index contributed by atoms with van der Waals surface area (Å²) < 4.78 is 38.5. The molecule has 6 nitrogen and oxygen atoms in total. The molecule has 0 radical (unpaired) electrons. The minimum atomic E-state index is -4.46. The average molecular weight is 502 g/mol. The molecule has 2 aliphatic rings. The van der Waals surface area contributed by atoms with Crippen molar-refractivity contribution >= 4 is 17.7 Å². The summed E-state index contributed by atoms with van der Waals surface area (Å²) in [5.74, 6) is -0.882. The SMILES string of the molecule is Cc1ccccc1C(=O)N[C@@H](C(=O)N1CCCC1)C1CCN(C(=O)c2ccc(C(F)(F)F)cc2)CC1. The van der Waals surface area contributed by atoms with E-state index >= 15 is 0 Å². The van der Waals surface area contributed by atoms with Crippen LogP contribution in [0.2, 0.25) is 0 Å². The molecule has 2 aromatic carbocycles. The average Bonchev–Trinajstić information content (AvgIpc) is 3.41. The molecule has 1 N–H and O–H groups in total. The van der Waals surface area contributed by atoms with E-state index in [4.69, 9.17) is 0 Å². The first-order valence-electron chi connectivity index (χ1n) is 12.3. The van der Waals surface area contributed by atoms with Crippen LogP contribution in [0.15, 0.2) is 48.5 Å². The maximum atomic E-state index is 13.4. The van der Waals surface area contributed by atoms with Gasteiger partial charge in [-0.1, -0.05) is 18.2 Å². The van der Waals surface area contributed by atoms with Crippen LogP contribution in [0.25, 0.3) is 0 Å². The largest absolute Gasteiger partial charge is 0.416 e. The van der Waals surface area contributed by atoms with E-state index < -0.39 is 17.8 Å². The Hall–Kier alpha value is -3.36. The van der Waals surface area contributed by atoms with Crippen molar-refractivity contribution in [1.29, 1.82) is 0 Å². The number of benzene rings is 2. The molecular formula is C27H30F3N3O3. The summed E-state index contributed by atoms with van der Waals surface area (Å²) >= 11 is 0. The van der Waals surface area contributed by atoms with Crippen LogP contribution in [0.5, 0.6) is 0 Å². The lowest BCUT2D eigenvalue weighted by Crippen LogP contribution is -2.54. The van der Waals surface area contributed by atoms with E-state index in [0.717, 1.165) is 30.5 Å². The lowest BCUT2D eigenvalue weighted by molar-refractivity contribution is -0.137. The number of carbonyl (C=O) groups is 3. The van der Waals surface area contributed by atoms with Gasteiger partial charge >= 0.3 is 6.18 Å². The van der Waals surface area contributed by atoms with E-state index in [0.29, 0.717) is 44.6 Å². The van der Waals surface area contributed by atoms with Gasteiger partial charge in [0.2, 0.25) is 5.91 Å². The number of rotatable bonds is 5. The fraction of sp³-hybridized carbons (Fsp3) is 0.444. The van der Waals surface area contributed by atoms with Crippen LogP contribution in [0.1, 0.15) is 57.5 Å². The number of hydrogen-bond acceptors (Lipinski definition) is 3. The van der Waals surface area contributed by atoms with E-state index in [2.05, 4.69) is 5.32 Å². The molecule has 2 saturated heterocycles. The molecule has 9 heteroatoms. The van der Waals surface area contributed by atoms with Gasteiger partial charge in [0, 0.05) is 37.3 Å². The third-order valence-corrected chi connectivity index (χ3v) is 7.12. The van der Waals surface area contributed by atoms with Gasteiger partial charge in [-0.3, -0.25) is 14.4 Å². The molecule has 2 fully saturated rings. The highest BCUT2D eigenvalue weighted by Gasteiger charge is 2.37. The number of piperidine rings is 1. The van der Waals surface area contributed by atoms with E-state index in [-0.39, 0.29) is 29.2 Å². The van der Waals surface area contributed by atoms with Crippen LogP contribution >= 0.6 is 0 Å². The molecule has 4 rings (SSSR count). The third-order valence-electron chi connectivity index (χ3n) is 7.12. The van der Waals surface area contributed by atoms with Gasteiger partial charge in [0.05, 0.1) is 5.56 Å². The zero-order valence-corrected chi connectivity index (χ0v) is 20.2. The number of hydrogen-bond donors (Lipinski definition) is 1. The van der Waals surface area contributed by atoms with Crippen LogP contribution in [-0.4, -0.2) is 59.7 Å². The number of carbonyl (C=O) groups excluding carboxylic acids is 3. The Morgan fingerprint density at radius 1 is 0.889 bits per heavy atom.